The Hall–Kier alpha value is -1.42. The van der Waals surface area contributed by atoms with Crippen LogP contribution in [0, 0.1) is 12.3 Å². The molecular formula is C10H10O. The van der Waals surface area contributed by atoms with Crippen LogP contribution in [-0.4, -0.2) is 5.11 Å². The smallest absolute Gasteiger partial charge is 0.120 e. The van der Waals surface area contributed by atoms with Crippen LogP contribution in [0.4, 0.5) is 0 Å². The summed E-state index contributed by atoms with van der Waals surface area (Å²) in [4.78, 5) is 0. The standard InChI is InChI=1S/C10H10O/c1-3-8-6-5-7-10(11)9(8)4-2/h1,5-7,11H,4H2,2H3. The van der Waals surface area contributed by atoms with Gasteiger partial charge in [-0.15, -0.1) is 6.42 Å². The Labute approximate surface area is 66.7 Å². The fourth-order valence-corrected chi connectivity index (χ4v) is 1.08. The second-order valence-corrected chi connectivity index (χ2v) is 2.30. The Morgan fingerprint density at radius 3 is 2.73 bits per heavy atom. The van der Waals surface area contributed by atoms with Crippen LogP contribution in [0.5, 0.6) is 5.75 Å². The molecule has 0 amide bonds. The number of terminal acetylenes is 1. The summed E-state index contributed by atoms with van der Waals surface area (Å²) in [7, 11) is 0. The van der Waals surface area contributed by atoms with Gasteiger partial charge in [-0.25, -0.2) is 0 Å². The van der Waals surface area contributed by atoms with Gasteiger partial charge in [-0.3, -0.25) is 0 Å². The van der Waals surface area contributed by atoms with Crippen LogP contribution in [0.1, 0.15) is 18.1 Å². The third-order valence-corrected chi connectivity index (χ3v) is 1.66. The molecule has 1 rings (SSSR count). The average Bonchev–Trinajstić information content (AvgIpc) is 2.04. The van der Waals surface area contributed by atoms with Gasteiger partial charge in [0.1, 0.15) is 5.75 Å². The molecule has 0 spiro atoms. The van der Waals surface area contributed by atoms with Crippen LogP contribution >= 0.6 is 0 Å². The molecular weight excluding hydrogens is 136 g/mol. The van der Waals surface area contributed by atoms with Crippen LogP contribution < -0.4 is 0 Å². The summed E-state index contributed by atoms with van der Waals surface area (Å²) in [6.45, 7) is 1.97. The zero-order chi connectivity index (χ0) is 8.27. The Bertz CT molecular complexity index is 294. The van der Waals surface area contributed by atoms with E-state index in [0.717, 1.165) is 17.5 Å². The molecule has 1 heteroatoms. The van der Waals surface area contributed by atoms with Gasteiger partial charge in [0.15, 0.2) is 0 Å². The molecule has 0 aliphatic carbocycles. The number of benzene rings is 1. The minimum absolute atomic E-state index is 0.294. The lowest BCUT2D eigenvalue weighted by Crippen LogP contribution is -1.86. The molecule has 0 saturated heterocycles. The Balaban J connectivity index is 3.27. The molecule has 0 aliphatic heterocycles. The van der Waals surface area contributed by atoms with Crippen molar-refractivity contribution in [3.8, 4) is 18.1 Å². The predicted octanol–water partition coefficient (Wildman–Crippen LogP) is 1.94. The lowest BCUT2D eigenvalue weighted by atomic mass is 10.1. The number of hydrogen-bond acceptors (Lipinski definition) is 1. The molecule has 1 nitrogen and oxygen atoms in total. The molecule has 0 unspecified atom stereocenters. The monoisotopic (exact) mass is 146 g/mol. The van der Waals surface area contributed by atoms with Gasteiger partial charge >= 0.3 is 0 Å². The van der Waals surface area contributed by atoms with Gasteiger partial charge < -0.3 is 5.11 Å². The van der Waals surface area contributed by atoms with Crippen molar-refractivity contribution in [3.05, 3.63) is 29.3 Å². The van der Waals surface area contributed by atoms with Gasteiger partial charge in [-0.05, 0) is 18.6 Å². The summed E-state index contributed by atoms with van der Waals surface area (Å²) in [5.41, 5.74) is 1.64. The maximum absolute atomic E-state index is 9.33. The van der Waals surface area contributed by atoms with Gasteiger partial charge in [-0.1, -0.05) is 18.9 Å². The zero-order valence-corrected chi connectivity index (χ0v) is 6.46. The molecule has 1 N–H and O–H groups in total. The summed E-state index contributed by atoms with van der Waals surface area (Å²) in [5, 5.41) is 9.33. The van der Waals surface area contributed by atoms with E-state index in [1.54, 1.807) is 12.1 Å². The highest BCUT2D eigenvalue weighted by Gasteiger charge is 2.01. The summed E-state index contributed by atoms with van der Waals surface area (Å²) in [6.07, 6.45) is 6.00. The molecule has 0 aliphatic rings. The van der Waals surface area contributed by atoms with E-state index in [9.17, 15) is 5.11 Å². The van der Waals surface area contributed by atoms with Gasteiger partial charge in [0.2, 0.25) is 0 Å². The summed E-state index contributed by atoms with van der Waals surface area (Å²) in [5.74, 6) is 2.82. The van der Waals surface area contributed by atoms with E-state index in [1.807, 2.05) is 13.0 Å². The molecule has 56 valence electrons. The Morgan fingerprint density at radius 2 is 2.27 bits per heavy atom. The van der Waals surface area contributed by atoms with Gasteiger partial charge in [0.25, 0.3) is 0 Å². The lowest BCUT2D eigenvalue weighted by molar-refractivity contribution is 0.468. The highest BCUT2D eigenvalue weighted by atomic mass is 16.3. The molecule has 0 aromatic heterocycles. The van der Waals surface area contributed by atoms with Crippen molar-refractivity contribution in [3.63, 3.8) is 0 Å². The number of hydrogen-bond donors (Lipinski definition) is 1. The highest BCUT2D eigenvalue weighted by Crippen LogP contribution is 2.20. The second-order valence-electron chi connectivity index (χ2n) is 2.30. The predicted molar refractivity (Wildman–Crippen MR) is 45.4 cm³/mol. The molecule has 0 bridgehead atoms. The molecule has 0 radical (unpaired) electrons. The molecule has 0 saturated carbocycles. The highest BCUT2D eigenvalue weighted by molar-refractivity contribution is 5.47. The molecule has 0 heterocycles. The summed E-state index contributed by atoms with van der Waals surface area (Å²) >= 11 is 0. The third-order valence-electron chi connectivity index (χ3n) is 1.66. The number of rotatable bonds is 1. The van der Waals surface area contributed by atoms with Gasteiger partial charge in [0.05, 0.1) is 0 Å². The minimum atomic E-state index is 0.294. The van der Waals surface area contributed by atoms with Crippen LogP contribution in [0.2, 0.25) is 0 Å². The van der Waals surface area contributed by atoms with Crippen LogP contribution in [0.3, 0.4) is 0 Å². The maximum atomic E-state index is 9.33. The summed E-state index contributed by atoms with van der Waals surface area (Å²) in [6, 6.07) is 5.24. The first-order chi connectivity index (χ1) is 5.29. The fourth-order valence-electron chi connectivity index (χ4n) is 1.08. The second kappa shape index (κ2) is 3.12. The molecule has 1 aromatic rings. The summed E-state index contributed by atoms with van der Waals surface area (Å²) < 4.78 is 0. The number of phenols is 1. The van der Waals surface area contributed by atoms with Crippen molar-refractivity contribution in [2.45, 2.75) is 13.3 Å². The topological polar surface area (TPSA) is 20.2 Å². The van der Waals surface area contributed by atoms with E-state index < -0.39 is 0 Å². The van der Waals surface area contributed by atoms with Crippen LogP contribution in [0.25, 0.3) is 0 Å². The normalized spacial score (nSPS) is 9.09. The van der Waals surface area contributed by atoms with E-state index in [1.165, 1.54) is 0 Å². The van der Waals surface area contributed by atoms with E-state index in [0.29, 0.717) is 5.75 Å². The van der Waals surface area contributed by atoms with Crippen molar-refractivity contribution in [1.82, 2.24) is 0 Å². The molecule has 0 atom stereocenters. The van der Waals surface area contributed by atoms with Crippen LogP contribution in [0.15, 0.2) is 18.2 Å². The van der Waals surface area contributed by atoms with Crippen LogP contribution in [-0.2, 0) is 6.42 Å². The van der Waals surface area contributed by atoms with Crippen molar-refractivity contribution in [1.29, 1.82) is 0 Å². The Kier molecular flexibility index (Phi) is 2.18. The average molecular weight is 146 g/mol. The largest absolute Gasteiger partial charge is 0.508 e. The molecule has 1 aromatic carbocycles. The van der Waals surface area contributed by atoms with E-state index in [-0.39, 0.29) is 0 Å². The van der Waals surface area contributed by atoms with E-state index >= 15 is 0 Å². The van der Waals surface area contributed by atoms with Crippen molar-refractivity contribution in [2.75, 3.05) is 0 Å². The third kappa shape index (κ3) is 1.35. The molecule has 11 heavy (non-hydrogen) atoms. The van der Waals surface area contributed by atoms with E-state index in [4.69, 9.17) is 6.42 Å². The quantitative estimate of drug-likeness (QED) is 0.600. The zero-order valence-electron chi connectivity index (χ0n) is 6.46. The van der Waals surface area contributed by atoms with Gasteiger partial charge in [-0.2, -0.15) is 0 Å². The minimum Gasteiger partial charge on any atom is -0.508 e. The Morgan fingerprint density at radius 1 is 1.55 bits per heavy atom. The fraction of sp³-hybridized carbons (Fsp3) is 0.200. The van der Waals surface area contributed by atoms with Crippen molar-refractivity contribution < 1.29 is 5.11 Å². The van der Waals surface area contributed by atoms with Crippen molar-refractivity contribution >= 4 is 0 Å². The molecule has 0 fully saturated rings. The SMILES string of the molecule is C#Cc1cccc(O)c1CC. The number of aromatic hydroxyl groups is 1. The first-order valence-electron chi connectivity index (χ1n) is 3.57. The first kappa shape index (κ1) is 7.68. The first-order valence-corrected chi connectivity index (χ1v) is 3.57. The maximum Gasteiger partial charge on any atom is 0.120 e. The number of phenolic OH excluding ortho intramolecular Hbond substituents is 1. The van der Waals surface area contributed by atoms with Crippen molar-refractivity contribution in [2.24, 2.45) is 0 Å². The van der Waals surface area contributed by atoms with E-state index in [2.05, 4.69) is 5.92 Å². The van der Waals surface area contributed by atoms with Gasteiger partial charge in [0, 0.05) is 11.1 Å². The lowest BCUT2D eigenvalue weighted by Gasteiger charge is -2.02.